The molecule has 0 saturated carbocycles. The summed E-state index contributed by atoms with van der Waals surface area (Å²) in [6.45, 7) is 4.75. The second-order valence-electron chi connectivity index (χ2n) is 7.98. The molecule has 0 bridgehead atoms. The van der Waals surface area contributed by atoms with E-state index in [9.17, 15) is 4.79 Å². The normalized spacial score (nSPS) is 11.8. The van der Waals surface area contributed by atoms with Crippen molar-refractivity contribution in [2.24, 2.45) is 0 Å². The molecule has 1 atom stereocenters. The van der Waals surface area contributed by atoms with E-state index in [-0.39, 0.29) is 18.6 Å². The Morgan fingerprint density at radius 3 is 2.38 bits per heavy atom. The molecule has 4 rings (SSSR count). The highest BCUT2D eigenvalue weighted by molar-refractivity contribution is 5.92. The van der Waals surface area contributed by atoms with E-state index < -0.39 is 0 Å². The first kappa shape index (κ1) is 21.6. The van der Waals surface area contributed by atoms with E-state index >= 15 is 0 Å². The van der Waals surface area contributed by atoms with Crippen LogP contribution in [0.2, 0.25) is 0 Å². The van der Waals surface area contributed by atoms with Gasteiger partial charge in [-0.3, -0.25) is 4.79 Å². The van der Waals surface area contributed by atoms with Gasteiger partial charge in [-0.2, -0.15) is 0 Å². The quantitative estimate of drug-likeness (QED) is 0.364. The van der Waals surface area contributed by atoms with Crippen LogP contribution >= 0.6 is 0 Å². The summed E-state index contributed by atoms with van der Waals surface area (Å²) in [5, 5.41) is 8.76. The zero-order valence-corrected chi connectivity index (χ0v) is 18.5. The fraction of sp³-hybridized carbons (Fsp3) is 0.179. The van der Waals surface area contributed by atoms with Gasteiger partial charge in [0.2, 0.25) is 0 Å². The molecule has 4 aromatic rings. The molecule has 0 spiro atoms. The third-order valence-electron chi connectivity index (χ3n) is 5.58. The summed E-state index contributed by atoms with van der Waals surface area (Å²) in [6.07, 6.45) is 0. The van der Waals surface area contributed by atoms with Crippen LogP contribution in [0, 0.1) is 6.92 Å². The molecule has 4 nitrogen and oxygen atoms in total. The zero-order valence-electron chi connectivity index (χ0n) is 18.5. The number of hydrogen-bond donors (Lipinski definition) is 2. The Morgan fingerprint density at radius 1 is 0.875 bits per heavy atom. The van der Waals surface area contributed by atoms with Crippen LogP contribution in [0.15, 0.2) is 91.0 Å². The molecule has 0 aliphatic heterocycles. The maximum atomic E-state index is 12.4. The molecule has 0 unspecified atom stereocenters. The lowest BCUT2D eigenvalue weighted by Gasteiger charge is -2.18. The van der Waals surface area contributed by atoms with Gasteiger partial charge in [-0.25, -0.2) is 0 Å². The Labute approximate surface area is 189 Å². The van der Waals surface area contributed by atoms with E-state index in [4.69, 9.17) is 4.74 Å². The van der Waals surface area contributed by atoms with Crippen LogP contribution in [0.4, 0.5) is 5.69 Å². The lowest BCUT2D eigenvalue weighted by Crippen LogP contribution is -2.22. The highest BCUT2D eigenvalue weighted by Gasteiger charge is 2.13. The number of nitrogens with one attached hydrogen (secondary N) is 2. The number of aryl methyl sites for hydroxylation is 1. The van der Waals surface area contributed by atoms with Crippen LogP contribution in [0.25, 0.3) is 10.8 Å². The molecule has 4 heteroatoms. The summed E-state index contributed by atoms with van der Waals surface area (Å²) in [4.78, 5) is 12.4. The number of benzene rings is 4. The first-order valence-corrected chi connectivity index (χ1v) is 10.9. The smallest absolute Gasteiger partial charge is 0.262 e. The molecule has 0 aliphatic rings. The fourth-order valence-corrected chi connectivity index (χ4v) is 3.73. The van der Waals surface area contributed by atoms with Gasteiger partial charge < -0.3 is 15.4 Å². The van der Waals surface area contributed by atoms with Gasteiger partial charge in [0.1, 0.15) is 5.75 Å². The minimum absolute atomic E-state index is 0.0482. The third kappa shape index (κ3) is 5.34. The lowest BCUT2D eigenvalue weighted by molar-refractivity contribution is -0.118. The molecular formula is C28H28N2O2. The number of amides is 1. The molecule has 0 aliphatic carbocycles. The van der Waals surface area contributed by atoms with Crippen LogP contribution < -0.4 is 15.4 Å². The van der Waals surface area contributed by atoms with Gasteiger partial charge in [0, 0.05) is 23.8 Å². The van der Waals surface area contributed by atoms with Crippen molar-refractivity contribution in [3.63, 3.8) is 0 Å². The van der Waals surface area contributed by atoms with E-state index in [1.54, 1.807) is 0 Å². The first-order chi connectivity index (χ1) is 15.6. The van der Waals surface area contributed by atoms with Crippen LogP contribution in [0.1, 0.15) is 29.7 Å². The van der Waals surface area contributed by atoms with Gasteiger partial charge in [0.25, 0.3) is 5.91 Å². The van der Waals surface area contributed by atoms with Crippen molar-refractivity contribution in [1.82, 2.24) is 5.32 Å². The second kappa shape index (κ2) is 10.1. The molecule has 0 saturated heterocycles. The molecular weight excluding hydrogens is 396 g/mol. The standard InChI is InChI=1S/C28H28N2O2/c1-20-12-15-24(16-13-20)30-28(31)19-32-27-17-14-23-10-6-7-11-25(23)26(27)18-29-21(2)22-8-4-3-5-9-22/h3-17,21,29H,18-19H2,1-2H3,(H,30,31)/t21-/m0/s1. The first-order valence-electron chi connectivity index (χ1n) is 10.9. The number of carbonyl (C=O) groups is 1. The summed E-state index contributed by atoms with van der Waals surface area (Å²) in [6, 6.07) is 30.5. The van der Waals surface area contributed by atoms with Crippen molar-refractivity contribution < 1.29 is 9.53 Å². The summed E-state index contributed by atoms with van der Waals surface area (Å²) in [7, 11) is 0. The second-order valence-corrected chi connectivity index (χ2v) is 7.98. The lowest BCUT2D eigenvalue weighted by atomic mass is 10.0. The Morgan fingerprint density at radius 2 is 1.59 bits per heavy atom. The van der Waals surface area contributed by atoms with Gasteiger partial charge in [-0.05, 0) is 48.4 Å². The van der Waals surface area contributed by atoms with Gasteiger partial charge in [0.15, 0.2) is 6.61 Å². The maximum absolute atomic E-state index is 12.4. The number of anilines is 1. The minimum atomic E-state index is -0.182. The number of hydrogen-bond acceptors (Lipinski definition) is 3. The van der Waals surface area contributed by atoms with Crippen molar-refractivity contribution in [3.05, 3.63) is 108 Å². The number of fused-ring (bicyclic) bond motifs is 1. The Bertz CT molecular complexity index is 1190. The number of carbonyl (C=O) groups excluding carboxylic acids is 1. The average molecular weight is 425 g/mol. The summed E-state index contributed by atoms with van der Waals surface area (Å²) < 4.78 is 5.99. The molecule has 0 heterocycles. The zero-order chi connectivity index (χ0) is 22.3. The van der Waals surface area contributed by atoms with Crippen LogP contribution in [0.5, 0.6) is 5.75 Å². The monoisotopic (exact) mass is 424 g/mol. The molecule has 32 heavy (non-hydrogen) atoms. The Hall–Kier alpha value is -3.63. The van der Waals surface area contributed by atoms with Crippen LogP contribution in [-0.2, 0) is 11.3 Å². The summed E-state index contributed by atoms with van der Waals surface area (Å²) in [5.74, 6) is 0.536. The summed E-state index contributed by atoms with van der Waals surface area (Å²) >= 11 is 0. The minimum Gasteiger partial charge on any atom is -0.483 e. The van der Waals surface area contributed by atoms with Crippen LogP contribution in [-0.4, -0.2) is 12.5 Å². The van der Waals surface area contributed by atoms with Crippen molar-refractivity contribution in [3.8, 4) is 5.75 Å². The molecule has 0 fully saturated rings. The maximum Gasteiger partial charge on any atom is 0.262 e. The van der Waals surface area contributed by atoms with Gasteiger partial charge >= 0.3 is 0 Å². The van der Waals surface area contributed by atoms with E-state index in [1.165, 1.54) is 5.56 Å². The number of rotatable bonds is 8. The molecule has 0 radical (unpaired) electrons. The van der Waals surface area contributed by atoms with Gasteiger partial charge in [0.05, 0.1) is 0 Å². The molecule has 0 aromatic heterocycles. The van der Waals surface area contributed by atoms with Crippen molar-refractivity contribution in [1.29, 1.82) is 0 Å². The average Bonchev–Trinajstić information content (AvgIpc) is 2.83. The SMILES string of the molecule is Cc1ccc(NC(=O)COc2ccc3ccccc3c2CN[C@@H](C)c2ccccc2)cc1. The van der Waals surface area contributed by atoms with Gasteiger partial charge in [-0.15, -0.1) is 0 Å². The topological polar surface area (TPSA) is 50.4 Å². The van der Waals surface area contributed by atoms with E-state index in [2.05, 4.69) is 41.8 Å². The van der Waals surface area contributed by atoms with E-state index in [0.717, 1.165) is 33.3 Å². The highest BCUT2D eigenvalue weighted by atomic mass is 16.5. The molecule has 2 N–H and O–H groups in total. The van der Waals surface area contributed by atoms with Gasteiger partial charge in [-0.1, -0.05) is 78.4 Å². The molecule has 162 valence electrons. The fourth-order valence-electron chi connectivity index (χ4n) is 3.73. The third-order valence-corrected chi connectivity index (χ3v) is 5.58. The highest BCUT2D eigenvalue weighted by Crippen LogP contribution is 2.29. The number of ether oxygens (including phenoxy) is 1. The Kier molecular flexibility index (Phi) is 6.83. The molecule has 4 aromatic carbocycles. The van der Waals surface area contributed by atoms with Crippen molar-refractivity contribution in [2.75, 3.05) is 11.9 Å². The van der Waals surface area contributed by atoms with Crippen LogP contribution in [0.3, 0.4) is 0 Å². The largest absolute Gasteiger partial charge is 0.483 e. The van der Waals surface area contributed by atoms with E-state index in [1.807, 2.05) is 73.7 Å². The molecule has 1 amide bonds. The van der Waals surface area contributed by atoms with E-state index in [0.29, 0.717) is 6.54 Å². The van der Waals surface area contributed by atoms with Crippen molar-refractivity contribution >= 4 is 22.4 Å². The summed E-state index contributed by atoms with van der Waals surface area (Å²) in [5.41, 5.74) is 4.19. The van der Waals surface area contributed by atoms with Crippen molar-refractivity contribution in [2.45, 2.75) is 26.4 Å². The predicted molar refractivity (Wildman–Crippen MR) is 131 cm³/mol. The predicted octanol–water partition coefficient (Wildman–Crippen LogP) is 6.02. The Balaban J connectivity index is 1.49.